The Balaban J connectivity index is 1.27. The summed E-state index contributed by atoms with van der Waals surface area (Å²) < 4.78 is 0. The van der Waals surface area contributed by atoms with E-state index in [1.54, 1.807) is 24.3 Å². The predicted octanol–water partition coefficient (Wildman–Crippen LogP) is 4.33. The number of halogens is 1. The van der Waals surface area contributed by atoms with Gasteiger partial charge in [-0.1, -0.05) is 35.9 Å². The molecule has 5 nitrogen and oxygen atoms in total. The van der Waals surface area contributed by atoms with Crippen LogP contribution >= 0.6 is 11.6 Å². The molecule has 6 heteroatoms. The molecule has 0 aromatic heterocycles. The fraction of sp³-hybridized carbons (Fsp3) is 0.417. The number of carbonyl (C=O) groups excluding carboxylic acids is 1. The first-order valence-electron chi connectivity index (χ1n) is 10.5. The highest BCUT2D eigenvalue weighted by molar-refractivity contribution is 6.33. The van der Waals surface area contributed by atoms with Crippen molar-refractivity contribution in [2.75, 3.05) is 13.1 Å². The highest BCUT2D eigenvalue weighted by Crippen LogP contribution is 2.65. The predicted molar refractivity (Wildman–Crippen MR) is 114 cm³/mol. The van der Waals surface area contributed by atoms with E-state index in [2.05, 4.69) is 6.07 Å². The van der Waals surface area contributed by atoms with Crippen LogP contribution in [0.3, 0.4) is 0 Å². The first kappa shape index (κ1) is 19.6. The van der Waals surface area contributed by atoms with Crippen molar-refractivity contribution in [1.29, 1.82) is 0 Å². The summed E-state index contributed by atoms with van der Waals surface area (Å²) in [5.74, 6) is -0.573. The second-order valence-corrected chi connectivity index (χ2v) is 9.47. The smallest absolute Gasteiger partial charge is 0.335 e. The van der Waals surface area contributed by atoms with Gasteiger partial charge in [-0.2, -0.15) is 0 Å². The summed E-state index contributed by atoms with van der Waals surface area (Å²) in [5.41, 5.74) is 2.45. The standard InChI is InChI=1S/C24H24ClNO4/c25-20-13-17(5-6-18(20)15-1-3-16(4-2-15)21(27)28)19-14-23(19)9-11-26(12-10-23)22(29)24(30)7-8-24/h1-6,13,19,30H,7-12,14H2,(H,27,28)/t19-/m1/s1. The number of carbonyl (C=O) groups is 2. The van der Waals surface area contributed by atoms with Gasteiger partial charge in [-0.25, -0.2) is 4.79 Å². The van der Waals surface area contributed by atoms with E-state index < -0.39 is 11.6 Å². The summed E-state index contributed by atoms with van der Waals surface area (Å²) in [6.45, 7) is 1.44. The van der Waals surface area contributed by atoms with Crippen LogP contribution < -0.4 is 0 Å². The van der Waals surface area contributed by atoms with Crippen molar-refractivity contribution in [3.63, 3.8) is 0 Å². The van der Waals surface area contributed by atoms with E-state index in [9.17, 15) is 14.7 Å². The number of carboxylic acids is 1. The van der Waals surface area contributed by atoms with Crippen LogP contribution in [0.1, 0.15) is 53.9 Å². The van der Waals surface area contributed by atoms with E-state index in [-0.39, 0.29) is 16.9 Å². The minimum atomic E-state index is -1.07. The summed E-state index contributed by atoms with van der Waals surface area (Å²) in [6, 6.07) is 12.9. The molecule has 1 heterocycles. The minimum absolute atomic E-state index is 0.0872. The van der Waals surface area contributed by atoms with Crippen LogP contribution in [0.25, 0.3) is 11.1 Å². The van der Waals surface area contributed by atoms with Crippen LogP contribution in [0, 0.1) is 5.41 Å². The van der Waals surface area contributed by atoms with Gasteiger partial charge in [-0.3, -0.25) is 4.79 Å². The zero-order chi connectivity index (χ0) is 21.1. The number of carboxylic acid groups (broad SMARTS) is 1. The molecule has 156 valence electrons. The summed E-state index contributed by atoms with van der Waals surface area (Å²) >= 11 is 6.59. The molecule has 1 spiro atoms. The van der Waals surface area contributed by atoms with Gasteiger partial charge in [0.1, 0.15) is 5.60 Å². The number of aliphatic hydroxyl groups is 1. The molecular formula is C24H24ClNO4. The van der Waals surface area contributed by atoms with Gasteiger partial charge in [-0.05, 0) is 72.8 Å². The number of likely N-dealkylation sites (tertiary alicyclic amines) is 1. The maximum atomic E-state index is 12.4. The van der Waals surface area contributed by atoms with E-state index in [1.165, 1.54) is 5.56 Å². The third kappa shape index (κ3) is 3.30. The number of piperidine rings is 1. The molecule has 2 aliphatic carbocycles. The number of hydrogen-bond donors (Lipinski definition) is 2. The SMILES string of the molecule is O=C(O)c1ccc(-c2ccc([C@H]3CC34CCN(C(=O)C3(O)CC3)CC4)cc2Cl)cc1. The van der Waals surface area contributed by atoms with Gasteiger partial charge in [0.25, 0.3) is 5.91 Å². The monoisotopic (exact) mass is 425 g/mol. The van der Waals surface area contributed by atoms with E-state index in [0.29, 0.717) is 23.8 Å². The second-order valence-electron chi connectivity index (χ2n) is 9.06. The highest BCUT2D eigenvalue weighted by atomic mass is 35.5. The first-order chi connectivity index (χ1) is 14.3. The van der Waals surface area contributed by atoms with Gasteiger partial charge in [0, 0.05) is 23.7 Å². The Morgan fingerprint density at radius 1 is 1.00 bits per heavy atom. The molecule has 2 aromatic rings. The van der Waals surface area contributed by atoms with Crippen LogP contribution in [0.2, 0.25) is 5.02 Å². The number of benzene rings is 2. The molecule has 30 heavy (non-hydrogen) atoms. The average Bonchev–Trinajstić information content (AvgIpc) is 3.66. The van der Waals surface area contributed by atoms with Crippen LogP contribution in [-0.4, -0.2) is 45.7 Å². The molecule has 2 saturated carbocycles. The normalized spacial score (nSPS) is 23.3. The zero-order valence-electron chi connectivity index (χ0n) is 16.6. The van der Waals surface area contributed by atoms with Crippen molar-refractivity contribution >= 4 is 23.5 Å². The van der Waals surface area contributed by atoms with Crippen molar-refractivity contribution in [2.45, 2.75) is 43.6 Å². The lowest BCUT2D eigenvalue weighted by Crippen LogP contribution is -2.45. The lowest BCUT2D eigenvalue weighted by molar-refractivity contribution is -0.144. The third-order valence-electron chi connectivity index (χ3n) is 7.20. The van der Waals surface area contributed by atoms with Gasteiger partial charge < -0.3 is 15.1 Å². The Kier molecular flexibility index (Phi) is 4.46. The molecular weight excluding hydrogens is 402 g/mol. The second kappa shape index (κ2) is 6.82. The Morgan fingerprint density at radius 2 is 1.67 bits per heavy atom. The largest absolute Gasteiger partial charge is 0.478 e. The third-order valence-corrected chi connectivity index (χ3v) is 7.51. The molecule has 1 saturated heterocycles. The maximum absolute atomic E-state index is 12.4. The Labute approximate surface area is 180 Å². The molecule has 0 unspecified atom stereocenters. The molecule has 2 aromatic carbocycles. The molecule has 1 amide bonds. The molecule has 0 bridgehead atoms. The zero-order valence-corrected chi connectivity index (χ0v) is 17.4. The van der Waals surface area contributed by atoms with Crippen LogP contribution in [0.5, 0.6) is 0 Å². The minimum Gasteiger partial charge on any atom is -0.478 e. The van der Waals surface area contributed by atoms with E-state index in [4.69, 9.17) is 16.7 Å². The molecule has 0 radical (unpaired) electrons. The van der Waals surface area contributed by atoms with Gasteiger partial charge in [0.15, 0.2) is 0 Å². The van der Waals surface area contributed by atoms with E-state index in [1.807, 2.05) is 17.0 Å². The van der Waals surface area contributed by atoms with Gasteiger partial charge in [0.2, 0.25) is 0 Å². The van der Waals surface area contributed by atoms with Gasteiger partial charge >= 0.3 is 5.97 Å². The number of hydrogen-bond acceptors (Lipinski definition) is 3. The fourth-order valence-corrected chi connectivity index (χ4v) is 5.23. The number of amides is 1. The Morgan fingerprint density at radius 3 is 2.23 bits per heavy atom. The number of nitrogens with zero attached hydrogens (tertiary/aromatic N) is 1. The van der Waals surface area contributed by atoms with Crippen molar-refractivity contribution in [3.8, 4) is 11.1 Å². The summed E-state index contributed by atoms with van der Waals surface area (Å²) in [5, 5.41) is 19.8. The summed E-state index contributed by atoms with van der Waals surface area (Å²) in [6.07, 6.45) is 4.24. The maximum Gasteiger partial charge on any atom is 0.335 e. The van der Waals surface area contributed by atoms with Gasteiger partial charge in [-0.15, -0.1) is 0 Å². The molecule has 3 fully saturated rings. The molecule has 2 N–H and O–H groups in total. The molecule has 1 aliphatic heterocycles. The van der Waals surface area contributed by atoms with E-state index in [0.717, 1.165) is 43.5 Å². The number of rotatable bonds is 4. The van der Waals surface area contributed by atoms with Crippen molar-refractivity contribution in [3.05, 3.63) is 58.6 Å². The van der Waals surface area contributed by atoms with Crippen molar-refractivity contribution in [2.24, 2.45) is 5.41 Å². The summed E-state index contributed by atoms with van der Waals surface area (Å²) in [4.78, 5) is 25.2. The molecule has 5 rings (SSSR count). The van der Waals surface area contributed by atoms with E-state index >= 15 is 0 Å². The van der Waals surface area contributed by atoms with Gasteiger partial charge in [0.05, 0.1) is 5.56 Å². The Bertz CT molecular complexity index is 1020. The van der Waals surface area contributed by atoms with Crippen molar-refractivity contribution in [1.82, 2.24) is 4.90 Å². The summed E-state index contributed by atoms with van der Waals surface area (Å²) in [7, 11) is 0. The van der Waals surface area contributed by atoms with Crippen LogP contribution in [0.4, 0.5) is 0 Å². The molecule has 1 atom stereocenters. The number of aromatic carboxylic acids is 1. The highest BCUT2D eigenvalue weighted by Gasteiger charge is 2.57. The quantitative estimate of drug-likeness (QED) is 0.764. The Hall–Kier alpha value is -2.37. The lowest BCUT2D eigenvalue weighted by Gasteiger charge is -2.34. The lowest BCUT2D eigenvalue weighted by atomic mass is 9.88. The van der Waals surface area contributed by atoms with Crippen molar-refractivity contribution < 1.29 is 19.8 Å². The molecule has 3 aliphatic rings. The first-order valence-corrected chi connectivity index (χ1v) is 10.8. The average molecular weight is 426 g/mol. The van der Waals surface area contributed by atoms with Crippen LogP contribution in [-0.2, 0) is 4.79 Å². The fourth-order valence-electron chi connectivity index (χ4n) is 4.93. The van der Waals surface area contributed by atoms with Crippen LogP contribution in [0.15, 0.2) is 42.5 Å². The topological polar surface area (TPSA) is 77.8 Å².